The molecule has 0 aromatic rings. The van der Waals surface area contributed by atoms with Crippen LogP contribution in [0.2, 0.25) is 0 Å². The van der Waals surface area contributed by atoms with Crippen molar-refractivity contribution in [2.45, 2.75) is 13.0 Å². The summed E-state index contributed by atoms with van der Waals surface area (Å²) in [4.78, 5) is 11.1. The summed E-state index contributed by atoms with van der Waals surface area (Å²) in [7, 11) is 0. The van der Waals surface area contributed by atoms with E-state index in [-0.39, 0.29) is 24.3 Å². The highest BCUT2D eigenvalue weighted by molar-refractivity contribution is 5.96. The predicted molar refractivity (Wildman–Crippen MR) is 53.5 cm³/mol. The van der Waals surface area contributed by atoms with E-state index in [1.807, 2.05) is 24.3 Å². The number of hydrogen-bond donors (Lipinski definition) is 2. The molecule has 3 heteroatoms. The summed E-state index contributed by atoms with van der Waals surface area (Å²) in [5.74, 6) is 0.360. The van der Waals surface area contributed by atoms with Crippen molar-refractivity contribution in [3.05, 3.63) is 35.6 Å². The summed E-state index contributed by atoms with van der Waals surface area (Å²) in [6, 6.07) is 0.140. The molecular weight excluding hydrogens is 178 g/mol. The number of fused-ring (bicyclic) bond motifs is 1. The van der Waals surface area contributed by atoms with Crippen molar-refractivity contribution in [1.82, 2.24) is 5.32 Å². The molecule has 3 nitrogen and oxygen atoms in total. The number of carbonyl (C=O) groups excluding carboxylic acids is 1. The quantitative estimate of drug-likeness (QED) is 0.669. The molecule has 14 heavy (non-hydrogen) atoms. The molecule has 0 fully saturated rings. The van der Waals surface area contributed by atoms with Crippen LogP contribution in [-0.2, 0) is 4.79 Å². The Balaban J connectivity index is 2.18. The van der Waals surface area contributed by atoms with Crippen molar-refractivity contribution < 1.29 is 9.90 Å². The van der Waals surface area contributed by atoms with E-state index in [1.165, 1.54) is 0 Å². The molecule has 0 saturated carbocycles. The molecule has 1 aliphatic carbocycles. The summed E-state index contributed by atoms with van der Waals surface area (Å²) in [6.07, 6.45) is 7.76. The number of allylic oxidation sites excluding steroid dienone is 2. The second kappa shape index (κ2) is 3.42. The Labute approximate surface area is 82.8 Å². The monoisotopic (exact) mass is 191 g/mol. The van der Waals surface area contributed by atoms with E-state index in [1.54, 1.807) is 6.92 Å². The molecule has 0 radical (unpaired) electrons. The fourth-order valence-corrected chi connectivity index (χ4v) is 1.82. The number of aliphatic hydroxyl groups is 1. The Hall–Kier alpha value is -1.35. The SMILES string of the molecule is CC(=O)C1=CC2NC(CO)=CC2C=C1. The molecule has 2 aliphatic rings. The summed E-state index contributed by atoms with van der Waals surface area (Å²) < 4.78 is 0. The zero-order valence-corrected chi connectivity index (χ0v) is 8.03. The van der Waals surface area contributed by atoms with Gasteiger partial charge in [-0.2, -0.15) is 0 Å². The van der Waals surface area contributed by atoms with Crippen LogP contribution in [0.25, 0.3) is 0 Å². The molecule has 2 unspecified atom stereocenters. The number of rotatable bonds is 2. The van der Waals surface area contributed by atoms with Crippen LogP contribution in [0.15, 0.2) is 35.6 Å². The molecule has 1 heterocycles. The lowest BCUT2D eigenvalue weighted by molar-refractivity contribution is -0.113. The molecule has 2 atom stereocenters. The van der Waals surface area contributed by atoms with Gasteiger partial charge in [0.2, 0.25) is 0 Å². The van der Waals surface area contributed by atoms with E-state index in [0.29, 0.717) is 0 Å². The number of aliphatic hydroxyl groups excluding tert-OH is 1. The third-order valence-corrected chi connectivity index (χ3v) is 2.59. The average molecular weight is 191 g/mol. The van der Waals surface area contributed by atoms with Crippen molar-refractivity contribution in [3.8, 4) is 0 Å². The number of Topliss-reactive ketones (excluding diaryl/α,β-unsaturated/α-hetero) is 1. The molecule has 2 rings (SSSR count). The average Bonchev–Trinajstić information content (AvgIpc) is 2.58. The Morgan fingerprint density at radius 2 is 2.36 bits per heavy atom. The molecule has 0 aromatic heterocycles. The Bertz CT molecular complexity index is 352. The maximum Gasteiger partial charge on any atom is 0.159 e. The van der Waals surface area contributed by atoms with Gasteiger partial charge in [0, 0.05) is 17.2 Å². The molecule has 0 aromatic carbocycles. The molecule has 0 spiro atoms. The van der Waals surface area contributed by atoms with Gasteiger partial charge >= 0.3 is 0 Å². The van der Waals surface area contributed by atoms with Gasteiger partial charge in [0.05, 0.1) is 12.6 Å². The maximum atomic E-state index is 11.1. The molecular formula is C11H13NO2. The lowest BCUT2D eigenvalue weighted by atomic mass is 9.92. The molecule has 0 bridgehead atoms. The van der Waals surface area contributed by atoms with Gasteiger partial charge in [0.15, 0.2) is 5.78 Å². The van der Waals surface area contributed by atoms with Crippen molar-refractivity contribution in [1.29, 1.82) is 0 Å². The number of hydrogen-bond acceptors (Lipinski definition) is 3. The second-order valence-electron chi connectivity index (χ2n) is 3.63. The van der Waals surface area contributed by atoms with Gasteiger partial charge in [-0.05, 0) is 6.92 Å². The summed E-state index contributed by atoms with van der Waals surface area (Å²) in [5.41, 5.74) is 1.58. The molecule has 0 amide bonds. The van der Waals surface area contributed by atoms with Crippen molar-refractivity contribution in [2.75, 3.05) is 6.61 Å². The van der Waals surface area contributed by atoms with Crippen LogP contribution in [0, 0.1) is 5.92 Å². The lowest BCUT2D eigenvalue weighted by Gasteiger charge is -2.18. The van der Waals surface area contributed by atoms with Crippen LogP contribution < -0.4 is 5.32 Å². The number of nitrogens with one attached hydrogen (secondary N) is 1. The largest absolute Gasteiger partial charge is 0.390 e. The highest BCUT2D eigenvalue weighted by Gasteiger charge is 2.25. The van der Waals surface area contributed by atoms with Gasteiger partial charge in [-0.1, -0.05) is 24.3 Å². The van der Waals surface area contributed by atoms with E-state index in [4.69, 9.17) is 5.11 Å². The van der Waals surface area contributed by atoms with Gasteiger partial charge in [-0.25, -0.2) is 0 Å². The first-order valence-electron chi connectivity index (χ1n) is 4.70. The van der Waals surface area contributed by atoms with Gasteiger partial charge in [-0.3, -0.25) is 4.79 Å². The van der Waals surface area contributed by atoms with E-state index in [0.717, 1.165) is 11.3 Å². The van der Waals surface area contributed by atoms with Crippen LogP contribution >= 0.6 is 0 Å². The normalized spacial score (nSPS) is 29.0. The van der Waals surface area contributed by atoms with Crippen molar-refractivity contribution in [2.24, 2.45) is 5.92 Å². The summed E-state index contributed by atoms with van der Waals surface area (Å²) in [5, 5.41) is 12.1. The van der Waals surface area contributed by atoms with Gasteiger partial charge in [0.1, 0.15) is 0 Å². The minimum atomic E-state index is 0.0318. The predicted octanol–water partition coefficient (Wildman–Crippen LogP) is 0.536. The second-order valence-corrected chi connectivity index (χ2v) is 3.63. The topological polar surface area (TPSA) is 49.3 Å². The minimum absolute atomic E-state index is 0.0318. The first-order chi connectivity index (χ1) is 6.70. The molecule has 74 valence electrons. The van der Waals surface area contributed by atoms with E-state index < -0.39 is 0 Å². The Morgan fingerprint density at radius 1 is 1.57 bits per heavy atom. The number of ketones is 1. The van der Waals surface area contributed by atoms with Gasteiger partial charge in [-0.15, -0.1) is 0 Å². The summed E-state index contributed by atoms with van der Waals surface area (Å²) in [6.45, 7) is 1.59. The van der Waals surface area contributed by atoms with Crippen molar-refractivity contribution in [3.63, 3.8) is 0 Å². The molecule has 0 saturated heterocycles. The highest BCUT2D eigenvalue weighted by atomic mass is 16.3. The fourth-order valence-electron chi connectivity index (χ4n) is 1.82. The van der Waals surface area contributed by atoms with Crippen LogP contribution in [0.1, 0.15) is 6.92 Å². The maximum absolute atomic E-state index is 11.1. The zero-order chi connectivity index (χ0) is 10.1. The smallest absolute Gasteiger partial charge is 0.159 e. The van der Waals surface area contributed by atoms with Crippen LogP contribution in [0.3, 0.4) is 0 Å². The fraction of sp³-hybridized carbons (Fsp3) is 0.364. The standard InChI is InChI=1S/C11H13NO2/c1-7(14)8-2-3-9-4-10(6-13)12-11(9)5-8/h2-5,9,11-13H,6H2,1H3. The molecule has 1 aliphatic heterocycles. The molecule has 2 N–H and O–H groups in total. The van der Waals surface area contributed by atoms with Crippen LogP contribution in [-0.4, -0.2) is 23.5 Å². The van der Waals surface area contributed by atoms with Crippen LogP contribution in [0.4, 0.5) is 0 Å². The van der Waals surface area contributed by atoms with Gasteiger partial charge < -0.3 is 10.4 Å². The number of carbonyl (C=O) groups is 1. The Kier molecular flexibility index (Phi) is 2.25. The zero-order valence-electron chi connectivity index (χ0n) is 8.03. The highest BCUT2D eigenvalue weighted by Crippen LogP contribution is 2.25. The first kappa shape index (κ1) is 9.21. The van der Waals surface area contributed by atoms with Gasteiger partial charge in [0.25, 0.3) is 0 Å². The first-order valence-corrected chi connectivity index (χ1v) is 4.70. The third kappa shape index (κ3) is 1.51. The summed E-state index contributed by atoms with van der Waals surface area (Å²) >= 11 is 0. The van der Waals surface area contributed by atoms with Crippen LogP contribution in [0.5, 0.6) is 0 Å². The minimum Gasteiger partial charge on any atom is -0.390 e. The van der Waals surface area contributed by atoms with E-state index in [9.17, 15) is 4.79 Å². The van der Waals surface area contributed by atoms with E-state index >= 15 is 0 Å². The lowest BCUT2D eigenvalue weighted by Crippen LogP contribution is -2.28. The van der Waals surface area contributed by atoms with E-state index in [2.05, 4.69) is 5.32 Å². The Morgan fingerprint density at radius 3 is 3.00 bits per heavy atom. The van der Waals surface area contributed by atoms with Crippen molar-refractivity contribution >= 4 is 5.78 Å². The third-order valence-electron chi connectivity index (χ3n) is 2.59.